The summed E-state index contributed by atoms with van der Waals surface area (Å²) in [5.41, 5.74) is 10.7. The number of pyridine rings is 1. The van der Waals surface area contributed by atoms with Gasteiger partial charge in [-0.3, -0.25) is 0 Å². The Bertz CT molecular complexity index is 1010. The minimum Gasteiger partial charge on any atom is -0.497 e. The summed E-state index contributed by atoms with van der Waals surface area (Å²) in [6, 6.07) is 17.8. The first-order valence-electron chi connectivity index (χ1n) is 7.59. The van der Waals surface area contributed by atoms with Crippen LogP contribution in [0.3, 0.4) is 0 Å². The Labute approximate surface area is 139 Å². The van der Waals surface area contributed by atoms with E-state index in [0.29, 0.717) is 11.6 Å². The molecule has 2 aromatic carbocycles. The molecule has 0 atom stereocenters. The van der Waals surface area contributed by atoms with Gasteiger partial charge in [0.25, 0.3) is 0 Å². The molecule has 3 N–H and O–H groups in total. The SMILES string of the molecule is COc1ccc2nc(-c3cc(-c4ccccc4)cnc3N)[nH]c2c1. The Kier molecular flexibility index (Phi) is 3.39. The smallest absolute Gasteiger partial charge is 0.142 e. The number of aromatic amines is 1. The third kappa shape index (κ3) is 2.46. The molecule has 0 radical (unpaired) electrons. The second-order valence-corrected chi connectivity index (χ2v) is 5.49. The number of ether oxygens (including phenoxy) is 1. The van der Waals surface area contributed by atoms with Gasteiger partial charge in [-0.05, 0) is 23.8 Å². The van der Waals surface area contributed by atoms with E-state index in [1.165, 1.54) is 0 Å². The van der Waals surface area contributed by atoms with Crippen molar-refractivity contribution in [1.82, 2.24) is 15.0 Å². The summed E-state index contributed by atoms with van der Waals surface area (Å²) in [5.74, 6) is 1.92. The van der Waals surface area contributed by atoms with E-state index in [2.05, 4.69) is 15.0 Å². The van der Waals surface area contributed by atoms with Gasteiger partial charge in [0.05, 0.1) is 23.7 Å². The van der Waals surface area contributed by atoms with Crippen LogP contribution in [0.1, 0.15) is 0 Å². The van der Waals surface area contributed by atoms with Crippen molar-refractivity contribution in [2.45, 2.75) is 0 Å². The molecule has 0 bridgehead atoms. The van der Waals surface area contributed by atoms with Crippen molar-refractivity contribution in [2.24, 2.45) is 0 Å². The molecule has 5 heteroatoms. The molecule has 2 heterocycles. The normalized spacial score (nSPS) is 10.9. The molecule has 0 unspecified atom stereocenters. The van der Waals surface area contributed by atoms with Gasteiger partial charge in [-0.15, -0.1) is 0 Å². The first kappa shape index (κ1) is 14.3. The van der Waals surface area contributed by atoms with E-state index in [9.17, 15) is 0 Å². The fourth-order valence-electron chi connectivity index (χ4n) is 2.70. The number of rotatable bonds is 3. The van der Waals surface area contributed by atoms with Crippen LogP contribution >= 0.6 is 0 Å². The molecule has 5 nitrogen and oxygen atoms in total. The number of nitrogen functional groups attached to an aromatic ring is 1. The van der Waals surface area contributed by atoms with E-state index in [0.717, 1.165) is 33.5 Å². The van der Waals surface area contributed by atoms with Crippen LogP contribution in [0.2, 0.25) is 0 Å². The fourth-order valence-corrected chi connectivity index (χ4v) is 2.70. The number of anilines is 1. The quantitative estimate of drug-likeness (QED) is 0.601. The van der Waals surface area contributed by atoms with Crippen LogP contribution in [-0.2, 0) is 0 Å². The molecule has 0 aliphatic heterocycles. The molecular weight excluding hydrogens is 300 g/mol. The van der Waals surface area contributed by atoms with Gasteiger partial charge in [0.2, 0.25) is 0 Å². The van der Waals surface area contributed by atoms with Gasteiger partial charge in [0.1, 0.15) is 17.4 Å². The molecule has 24 heavy (non-hydrogen) atoms. The number of benzene rings is 2. The molecule has 0 spiro atoms. The minimum atomic E-state index is 0.445. The number of hydrogen-bond acceptors (Lipinski definition) is 4. The molecular formula is C19H16N4O. The molecule has 2 aromatic heterocycles. The number of nitrogens with two attached hydrogens (primary N) is 1. The largest absolute Gasteiger partial charge is 0.497 e. The standard InChI is InChI=1S/C19H16N4O/c1-24-14-7-8-16-17(10-14)23-19(22-16)15-9-13(11-21-18(15)20)12-5-3-2-4-6-12/h2-11H,1H3,(H2,20,21)(H,22,23). The summed E-state index contributed by atoms with van der Waals surface area (Å²) < 4.78 is 5.25. The van der Waals surface area contributed by atoms with Crippen LogP contribution in [-0.4, -0.2) is 22.1 Å². The Balaban J connectivity index is 1.84. The first-order chi connectivity index (χ1) is 11.7. The predicted molar refractivity (Wildman–Crippen MR) is 95.7 cm³/mol. The number of H-pyrrole nitrogens is 1. The van der Waals surface area contributed by atoms with Crippen molar-refractivity contribution in [3.8, 4) is 28.3 Å². The lowest BCUT2D eigenvalue weighted by molar-refractivity contribution is 0.415. The van der Waals surface area contributed by atoms with Crippen LogP contribution in [0.15, 0.2) is 60.8 Å². The van der Waals surface area contributed by atoms with Gasteiger partial charge in [-0.25, -0.2) is 9.97 Å². The van der Waals surface area contributed by atoms with Crippen LogP contribution in [0.5, 0.6) is 5.75 Å². The number of aromatic nitrogens is 3. The topological polar surface area (TPSA) is 76.8 Å². The van der Waals surface area contributed by atoms with E-state index in [4.69, 9.17) is 10.5 Å². The number of hydrogen-bond donors (Lipinski definition) is 2. The van der Waals surface area contributed by atoms with Crippen LogP contribution in [0, 0.1) is 0 Å². The lowest BCUT2D eigenvalue weighted by Gasteiger charge is -2.06. The van der Waals surface area contributed by atoms with E-state index < -0.39 is 0 Å². The van der Waals surface area contributed by atoms with Gasteiger partial charge in [-0.2, -0.15) is 0 Å². The highest BCUT2D eigenvalue weighted by molar-refractivity contribution is 5.84. The van der Waals surface area contributed by atoms with E-state index in [1.807, 2.05) is 54.6 Å². The summed E-state index contributed by atoms with van der Waals surface area (Å²) in [6.07, 6.45) is 1.78. The second-order valence-electron chi connectivity index (χ2n) is 5.49. The summed E-state index contributed by atoms with van der Waals surface area (Å²) in [6.45, 7) is 0. The molecule has 0 aliphatic rings. The monoisotopic (exact) mass is 316 g/mol. The zero-order valence-electron chi connectivity index (χ0n) is 13.2. The van der Waals surface area contributed by atoms with Crippen molar-refractivity contribution in [2.75, 3.05) is 12.8 Å². The highest BCUT2D eigenvalue weighted by Gasteiger charge is 2.12. The van der Waals surface area contributed by atoms with Gasteiger partial charge in [0, 0.05) is 17.8 Å². The summed E-state index contributed by atoms with van der Waals surface area (Å²) in [7, 11) is 1.64. The number of methoxy groups -OCH3 is 1. The molecule has 0 saturated carbocycles. The zero-order valence-corrected chi connectivity index (χ0v) is 13.2. The zero-order chi connectivity index (χ0) is 16.5. The summed E-state index contributed by atoms with van der Waals surface area (Å²) in [4.78, 5) is 12.2. The van der Waals surface area contributed by atoms with E-state index in [-0.39, 0.29) is 0 Å². The molecule has 0 amide bonds. The van der Waals surface area contributed by atoms with Gasteiger partial charge in [0.15, 0.2) is 0 Å². The lowest BCUT2D eigenvalue weighted by Crippen LogP contribution is -1.96. The second kappa shape index (κ2) is 5.70. The Morgan fingerprint density at radius 3 is 2.62 bits per heavy atom. The highest BCUT2D eigenvalue weighted by Crippen LogP contribution is 2.30. The summed E-state index contributed by atoms with van der Waals surface area (Å²) in [5, 5.41) is 0. The van der Waals surface area contributed by atoms with Gasteiger partial charge >= 0.3 is 0 Å². The highest BCUT2D eigenvalue weighted by atomic mass is 16.5. The number of imidazole rings is 1. The van der Waals surface area contributed by atoms with E-state index in [1.54, 1.807) is 13.3 Å². The average molecular weight is 316 g/mol. The van der Waals surface area contributed by atoms with Crippen LogP contribution in [0.25, 0.3) is 33.5 Å². The third-order valence-corrected chi connectivity index (χ3v) is 3.97. The first-order valence-corrected chi connectivity index (χ1v) is 7.59. The van der Waals surface area contributed by atoms with Crippen molar-refractivity contribution in [1.29, 1.82) is 0 Å². The maximum Gasteiger partial charge on any atom is 0.142 e. The van der Waals surface area contributed by atoms with Crippen LogP contribution < -0.4 is 10.5 Å². The number of nitrogens with one attached hydrogen (secondary N) is 1. The Hall–Kier alpha value is -3.34. The van der Waals surface area contributed by atoms with Crippen molar-refractivity contribution >= 4 is 16.9 Å². The maximum absolute atomic E-state index is 6.08. The predicted octanol–water partition coefficient (Wildman–Crippen LogP) is 3.88. The third-order valence-electron chi connectivity index (χ3n) is 3.97. The number of nitrogens with zero attached hydrogens (tertiary/aromatic N) is 2. The molecule has 118 valence electrons. The van der Waals surface area contributed by atoms with Crippen molar-refractivity contribution < 1.29 is 4.74 Å². The molecule has 0 fully saturated rings. The lowest BCUT2D eigenvalue weighted by atomic mass is 10.1. The average Bonchev–Trinajstić information content (AvgIpc) is 3.05. The van der Waals surface area contributed by atoms with Crippen LogP contribution in [0.4, 0.5) is 5.82 Å². The Morgan fingerprint density at radius 1 is 1.00 bits per heavy atom. The Morgan fingerprint density at radius 2 is 1.83 bits per heavy atom. The van der Waals surface area contributed by atoms with Gasteiger partial charge in [-0.1, -0.05) is 30.3 Å². The molecule has 4 aromatic rings. The molecule has 0 aliphatic carbocycles. The number of fused-ring (bicyclic) bond motifs is 1. The molecule has 4 rings (SSSR count). The fraction of sp³-hybridized carbons (Fsp3) is 0.0526. The summed E-state index contributed by atoms with van der Waals surface area (Å²) >= 11 is 0. The van der Waals surface area contributed by atoms with Gasteiger partial charge < -0.3 is 15.5 Å². The molecule has 0 saturated heterocycles. The maximum atomic E-state index is 6.08. The minimum absolute atomic E-state index is 0.445. The van der Waals surface area contributed by atoms with E-state index >= 15 is 0 Å². The van der Waals surface area contributed by atoms with Crippen molar-refractivity contribution in [3.05, 3.63) is 60.8 Å². The van der Waals surface area contributed by atoms with Crippen molar-refractivity contribution in [3.63, 3.8) is 0 Å².